The van der Waals surface area contributed by atoms with Crippen LogP contribution in [-0.4, -0.2) is 73.2 Å². The fourth-order valence-electron chi connectivity index (χ4n) is 4.48. The Bertz CT molecular complexity index is 1350. The summed E-state index contributed by atoms with van der Waals surface area (Å²) < 4.78 is 22.0. The van der Waals surface area contributed by atoms with Gasteiger partial charge in [-0.25, -0.2) is 9.18 Å². The van der Waals surface area contributed by atoms with Crippen LogP contribution in [0.4, 0.5) is 10.1 Å². The van der Waals surface area contributed by atoms with Gasteiger partial charge in [-0.3, -0.25) is 9.69 Å². The van der Waals surface area contributed by atoms with Crippen LogP contribution < -0.4 is 15.1 Å². The van der Waals surface area contributed by atoms with Crippen LogP contribution in [0.2, 0.25) is 0 Å². The van der Waals surface area contributed by atoms with Gasteiger partial charge in [-0.2, -0.15) is 0 Å². The van der Waals surface area contributed by atoms with E-state index in [0.717, 1.165) is 23.1 Å². The Balaban J connectivity index is 1.53. The number of hydrogen-bond acceptors (Lipinski definition) is 7. The van der Waals surface area contributed by atoms with E-state index in [4.69, 9.17) is 9.57 Å². The molecule has 0 bridgehead atoms. The van der Waals surface area contributed by atoms with Gasteiger partial charge >= 0.3 is 5.97 Å². The molecule has 4 rings (SSSR count). The number of pyridine rings is 1. The number of oxime groups is 1. The highest BCUT2D eigenvalue weighted by Gasteiger charge is 2.23. The Labute approximate surface area is 207 Å². The normalized spacial score (nSPS) is 14.8. The van der Waals surface area contributed by atoms with Crippen LogP contribution in [0.25, 0.3) is 10.9 Å². The standard InChI is InChI=1S/C26H29FN4O5/c1-4-30-15-20(26(33)34)25(32)19-13-21(27)24(14-23(19)30)31-11-9-29(10-12-31)16-22(28-36-3)17-5-7-18(35-2)8-6-17/h5-8,13-15H,4,9-12,16H2,1-3H3,(H,33,34). The summed E-state index contributed by atoms with van der Waals surface area (Å²) in [6, 6.07) is 10.4. The van der Waals surface area contributed by atoms with Gasteiger partial charge in [0.2, 0.25) is 5.43 Å². The summed E-state index contributed by atoms with van der Waals surface area (Å²) >= 11 is 0. The van der Waals surface area contributed by atoms with Crippen LogP contribution in [0, 0.1) is 5.82 Å². The number of methoxy groups -OCH3 is 1. The third-order valence-corrected chi connectivity index (χ3v) is 6.43. The van der Waals surface area contributed by atoms with E-state index in [0.29, 0.717) is 50.5 Å². The van der Waals surface area contributed by atoms with Crippen molar-refractivity contribution >= 4 is 28.3 Å². The number of rotatable bonds is 8. The molecule has 1 aliphatic rings. The van der Waals surface area contributed by atoms with Crippen molar-refractivity contribution in [3.63, 3.8) is 0 Å². The van der Waals surface area contributed by atoms with Gasteiger partial charge in [0, 0.05) is 56.4 Å². The zero-order chi connectivity index (χ0) is 25.8. The second-order valence-electron chi connectivity index (χ2n) is 8.50. The summed E-state index contributed by atoms with van der Waals surface area (Å²) in [7, 11) is 3.13. The summed E-state index contributed by atoms with van der Waals surface area (Å²) in [6.45, 7) is 5.37. The molecule has 1 aromatic heterocycles. The minimum absolute atomic E-state index is 0.0662. The molecular weight excluding hydrogens is 467 g/mol. The average molecular weight is 497 g/mol. The average Bonchev–Trinajstić information content (AvgIpc) is 2.89. The van der Waals surface area contributed by atoms with Crippen molar-refractivity contribution in [2.24, 2.45) is 5.16 Å². The predicted molar refractivity (Wildman–Crippen MR) is 136 cm³/mol. The highest BCUT2D eigenvalue weighted by molar-refractivity contribution is 6.01. The maximum Gasteiger partial charge on any atom is 0.341 e. The van der Waals surface area contributed by atoms with Crippen LogP contribution >= 0.6 is 0 Å². The van der Waals surface area contributed by atoms with Crippen LogP contribution in [0.5, 0.6) is 5.75 Å². The number of fused-ring (bicyclic) bond motifs is 1. The third kappa shape index (κ3) is 5.03. The van der Waals surface area contributed by atoms with Crippen molar-refractivity contribution in [1.29, 1.82) is 0 Å². The maximum atomic E-state index is 15.1. The molecule has 0 spiro atoms. The van der Waals surface area contributed by atoms with Gasteiger partial charge in [-0.05, 0) is 43.3 Å². The number of nitrogens with zero attached hydrogens (tertiary/aromatic N) is 4. The molecule has 1 saturated heterocycles. The number of aromatic carboxylic acids is 1. The monoisotopic (exact) mass is 496 g/mol. The highest BCUT2D eigenvalue weighted by Crippen LogP contribution is 2.26. The molecular formula is C26H29FN4O5. The smallest absolute Gasteiger partial charge is 0.341 e. The molecule has 0 atom stereocenters. The molecule has 1 N–H and O–H groups in total. The molecule has 2 aromatic carbocycles. The largest absolute Gasteiger partial charge is 0.497 e. The van der Waals surface area contributed by atoms with E-state index in [1.165, 1.54) is 13.3 Å². The molecule has 2 heterocycles. The number of carbonyl (C=O) groups is 1. The van der Waals surface area contributed by atoms with E-state index in [1.54, 1.807) is 17.7 Å². The minimum atomic E-state index is -1.32. The fourth-order valence-corrected chi connectivity index (χ4v) is 4.48. The molecule has 10 heteroatoms. The molecule has 9 nitrogen and oxygen atoms in total. The topological polar surface area (TPSA) is 96.6 Å². The first-order valence-corrected chi connectivity index (χ1v) is 11.7. The maximum absolute atomic E-state index is 15.1. The number of aromatic nitrogens is 1. The van der Waals surface area contributed by atoms with Gasteiger partial charge in [0.15, 0.2) is 0 Å². The van der Waals surface area contributed by atoms with E-state index in [1.807, 2.05) is 36.1 Å². The number of carboxylic acids is 1. The number of anilines is 1. The molecule has 190 valence electrons. The molecule has 1 aliphatic heterocycles. The van der Waals surface area contributed by atoms with Gasteiger partial charge < -0.3 is 24.1 Å². The zero-order valence-electron chi connectivity index (χ0n) is 20.5. The van der Waals surface area contributed by atoms with Crippen LogP contribution in [-0.2, 0) is 11.4 Å². The number of carboxylic acid groups (broad SMARTS) is 1. The van der Waals surface area contributed by atoms with E-state index in [-0.39, 0.29) is 10.9 Å². The second-order valence-corrected chi connectivity index (χ2v) is 8.50. The Morgan fingerprint density at radius 2 is 1.81 bits per heavy atom. The van der Waals surface area contributed by atoms with Gasteiger partial charge in [0.05, 0.1) is 18.3 Å². The Kier molecular flexibility index (Phi) is 7.54. The van der Waals surface area contributed by atoms with Crippen molar-refractivity contribution in [1.82, 2.24) is 9.47 Å². The summed E-state index contributed by atoms with van der Waals surface area (Å²) in [5.74, 6) is -1.11. The Morgan fingerprint density at radius 1 is 1.11 bits per heavy atom. The summed E-state index contributed by atoms with van der Waals surface area (Å²) in [4.78, 5) is 33.3. The van der Waals surface area contributed by atoms with Crippen molar-refractivity contribution in [3.8, 4) is 5.75 Å². The quantitative estimate of drug-likeness (QED) is 0.378. The first-order chi connectivity index (χ1) is 17.4. The lowest BCUT2D eigenvalue weighted by molar-refractivity contribution is 0.0695. The van der Waals surface area contributed by atoms with Crippen LogP contribution in [0.15, 0.2) is 52.5 Å². The van der Waals surface area contributed by atoms with E-state index in [2.05, 4.69) is 10.1 Å². The summed E-state index contributed by atoms with van der Waals surface area (Å²) in [5, 5.41) is 13.6. The van der Waals surface area contributed by atoms with Gasteiger partial charge in [0.25, 0.3) is 0 Å². The Hall–Kier alpha value is -3.92. The van der Waals surface area contributed by atoms with Crippen molar-refractivity contribution in [2.45, 2.75) is 13.5 Å². The molecule has 0 amide bonds. The third-order valence-electron chi connectivity index (χ3n) is 6.43. The number of aryl methyl sites for hydroxylation is 1. The molecule has 0 saturated carbocycles. The molecule has 1 fully saturated rings. The molecule has 36 heavy (non-hydrogen) atoms. The van der Waals surface area contributed by atoms with Gasteiger partial charge in [0.1, 0.15) is 30.0 Å². The van der Waals surface area contributed by atoms with Crippen molar-refractivity contribution in [2.75, 3.05) is 51.8 Å². The second kappa shape index (κ2) is 10.8. The summed E-state index contributed by atoms with van der Waals surface area (Å²) in [5.41, 5.74) is 1.58. The van der Waals surface area contributed by atoms with E-state index >= 15 is 4.39 Å². The minimum Gasteiger partial charge on any atom is -0.497 e. The van der Waals surface area contributed by atoms with Gasteiger partial charge in [-0.1, -0.05) is 5.16 Å². The first-order valence-electron chi connectivity index (χ1n) is 11.7. The number of hydrogen-bond donors (Lipinski definition) is 1. The Morgan fingerprint density at radius 3 is 2.39 bits per heavy atom. The van der Waals surface area contributed by atoms with E-state index in [9.17, 15) is 14.7 Å². The number of benzene rings is 2. The van der Waals surface area contributed by atoms with Crippen molar-refractivity contribution < 1.29 is 23.9 Å². The van der Waals surface area contributed by atoms with E-state index < -0.39 is 17.2 Å². The number of piperazine rings is 1. The lowest BCUT2D eigenvalue weighted by Gasteiger charge is -2.36. The lowest BCUT2D eigenvalue weighted by atomic mass is 10.1. The fraction of sp³-hybridized carbons (Fsp3) is 0.346. The zero-order valence-corrected chi connectivity index (χ0v) is 20.5. The molecule has 3 aromatic rings. The number of halogens is 1. The summed E-state index contributed by atoms with van der Waals surface area (Å²) in [6.07, 6.45) is 1.32. The van der Waals surface area contributed by atoms with Crippen LogP contribution in [0.3, 0.4) is 0 Å². The van der Waals surface area contributed by atoms with Crippen LogP contribution in [0.1, 0.15) is 22.8 Å². The molecule has 0 unspecified atom stereocenters. The number of ether oxygens (including phenoxy) is 1. The SMILES string of the molecule is CCn1cc(C(=O)O)c(=O)c2cc(F)c(N3CCN(CC(=NOC)c4ccc(OC)cc4)CC3)cc21. The molecule has 0 aliphatic carbocycles. The van der Waals surface area contributed by atoms with Crippen molar-refractivity contribution in [3.05, 3.63) is 69.8 Å². The first kappa shape index (κ1) is 25.2. The van der Waals surface area contributed by atoms with Gasteiger partial charge in [-0.15, -0.1) is 0 Å². The highest BCUT2D eigenvalue weighted by atomic mass is 19.1. The predicted octanol–water partition coefficient (Wildman–Crippen LogP) is 3.04. The lowest BCUT2D eigenvalue weighted by Crippen LogP contribution is -2.48. The molecule has 0 radical (unpaired) electrons.